The normalized spacial score (nSPS) is 12.4. The molecule has 16 heavy (non-hydrogen) atoms. The highest BCUT2D eigenvalue weighted by molar-refractivity contribution is 7.14. The van der Waals surface area contributed by atoms with Gasteiger partial charge in [-0.25, -0.2) is 9.37 Å². The van der Waals surface area contributed by atoms with Crippen LogP contribution in [0.2, 0.25) is 5.15 Å². The Kier molecular flexibility index (Phi) is 3.41. The van der Waals surface area contributed by atoms with Crippen molar-refractivity contribution in [2.75, 3.05) is 5.32 Å². The monoisotopic (exact) mass is 256 g/mol. The summed E-state index contributed by atoms with van der Waals surface area (Å²) in [4.78, 5) is 4.09. The quantitative estimate of drug-likeness (QED) is 0.894. The van der Waals surface area contributed by atoms with Gasteiger partial charge in [-0.2, -0.15) is 0 Å². The van der Waals surface area contributed by atoms with E-state index >= 15 is 0 Å². The Morgan fingerprint density at radius 3 is 2.62 bits per heavy atom. The van der Waals surface area contributed by atoms with Crippen LogP contribution in [0.4, 0.5) is 9.52 Å². The van der Waals surface area contributed by atoms with E-state index in [0.29, 0.717) is 5.15 Å². The van der Waals surface area contributed by atoms with Crippen LogP contribution in [0.3, 0.4) is 0 Å². The highest BCUT2D eigenvalue weighted by Crippen LogP contribution is 2.24. The minimum atomic E-state index is -0.228. The maximum atomic E-state index is 12.7. The van der Waals surface area contributed by atoms with Gasteiger partial charge in [-0.05, 0) is 24.6 Å². The summed E-state index contributed by atoms with van der Waals surface area (Å²) in [5, 5.41) is 6.21. The Morgan fingerprint density at radius 1 is 1.38 bits per heavy atom. The van der Waals surface area contributed by atoms with Gasteiger partial charge in [0.05, 0.1) is 6.04 Å². The summed E-state index contributed by atoms with van der Waals surface area (Å²) in [5.41, 5.74) is 1.01. The van der Waals surface area contributed by atoms with Crippen molar-refractivity contribution < 1.29 is 4.39 Å². The molecule has 5 heteroatoms. The molecule has 0 bridgehead atoms. The highest BCUT2D eigenvalue weighted by atomic mass is 35.5. The largest absolute Gasteiger partial charge is 0.355 e. The molecular formula is C11H10ClFN2S. The van der Waals surface area contributed by atoms with E-state index in [4.69, 9.17) is 11.6 Å². The third-order valence-corrected chi connectivity index (χ3v) is 3.28. The SMILES string of the molecule is CC(Nc1nc(Cl)cs1)c1ccc(F)cc1. The van der Waals surface area contributed by atoms with E-state index in [9.17, 15) is 4.39 Å². The summed E-state index contributed by atoms with van der Waals surface area (Å²) in [5.74, 6) is -0.228. The number of benzene rings is 1. The molecule has 1 aromatic carbocycles. The van der Waals surface area contributed by atoms with E-state index < -0.39 is 0 Å². The van der Waals surface area contributed by atoms with E-state index in [-0.39, 0.29) is 11.9 Å². The molecule has 1 aromatic heterocycles. The molecule has 0 aliphatic heterocycles. The van der Waals surface area contributed by atoms with Crippen molar-refractivity contribution >= 4 is 28.1 Å². The second-order valence-electron chi connectivity index (χ2n) is 3.39. The zero-order chi connectivity index (χ0) is 11.5. The molecule has 0 saturated carbocycles. The van der Waals surface area contributed by atoms with Crippen molar-refractivity contribution in [1.29, 1.82) is 0 Å². The molecule has 0 spiro atoms. The Balaban J connectivity index is 2.08. The molecule has 1 unspecified atom stereocenters. The Bertz CT molecular complexity index is 469. The van der Waals surface area contributed by atoms with E-state index in [1.807, 2.05) is 6.92 Å². The summed E-state index contributed by atoms with van der Waals surface area (Å²) in [7, 11) is 0. The van der Waals surface area contributed by atoms with E-state index in [1.165, 1.54) is 23.5 Å². The van der Waals surface area contributed by atoms with Crippen molar-refractivity contribution in [1.82, 2.24) is 4.98 Å². The van der Waals surface area contributed by atoms with Crippen LogP contribution in [0.1, 0.15) is 18.5 Å². The lowest BCUT2D eigenvalue weighted by Gasteiger charge is -2.12. The molecule has 84 valence electrons. The average Bonchev–Trinajstić information content (AvgIpc) is 2.65. The van der Waals surface area contributed by atoms with Gasteiger partial charge in [0, 0.05) is 5.38 Å². The predicted molar refractivity (Wildman–Crippen MR) is 65.6 cm³/mol. The van der Waals surface area contributed by atoms with Crippen molar-refractivity contribution in [3.63, 3.8) is 0 Å². The zero-order valence-corrected chi connectivity index (χ0v) is 10.1. The number of nitrogens with one attached hydrogen (secondary N) is 1. The number of hydrogen-bond donors (Lipinski definition) is 1. The summed E-state index contributed by atoms with van der Waals surface area (Å²) in [6.07, 6.45) is 0. The van der Waals surface area contributed by atoms with Gasteiger partial charge in [0.2, 0.25) is 0 Å². The first-order chi connectivity index (χ1) is 7.65. The van der Waals surface area contributed by atoms with Gasteiger partial charge in [0.15, 0.2) is 5.13 Å². The average molecular weight is 257 g/mol. The fourth-order valence-electron chi connectivity index (χ4n) is 1.34. The number of anilines is 1. The summed E-state index contributed by atoms with van der Waals surface area (Å²) in [6.45, 7) is 1.99. The van der Waals surface area contributed by atoms with Crippen LogP contribution in [-0.4, -0.2) is 4.98 Å². The van der Waals surface area contributed by atoms with Crippen LogP contribution in [0, 0.1) is 5.82 Å². The maximum absolute atomic E-state index is 12.7. The van der Waals surface area contributed by atoms with Gasteiger partial charge in [-0.1, -0.05) is 23.7 Å². The molecule has 0 fully saturated rings. The Labute approximate surface area is 102 Å². The topological polar surface area (TPSA) is 24.9 Å². The van der Waals surface area contributed by atoms with Crippen LogP contribution < -0.4 is 5.32 Å². The molecule has 1 heterocycles. The van der Waals surface area contributed by atoms with Gasteiger partial charge < -0.3 is 5.32 Å². The Morgan fingerprint density at radius 2 is 2.06 bits per heavy atom. The Hall–Kier alpha value is -1.13. The second-order valence-corrected chi connectivity index (χ2v) is 4.64. The summed E-state index contributed by atoms with van der Waals surface area (Å²) < 4.78 is 12.7. The van der Waals surface area contributed by atoms with Crippen LogP contribution in [0.25, 0.3) is 0 Å². The van der Waals surface area contributed by atoms with Crippen LogP contribution in [-0.2, 0) is 0 Å². The third-order valence-electron chi connectivity index (χ3n) is 2.19. The minimum Gasteiger partial charge on any atom is -0.355 e. The lowest BCUT2D eigenvalue weighted by molar-refractivity contribution is 0.626. The minimum absolute atomic E-state index is 0.0721. The second kappa shape index (κ2) is 4.80. The van der Waals surface area contributed by atoms with E-state index in [0.717, 1.165) is 10.7 Å². The van der Waals surface area contributed by atoms with E-state index in [1.54, 1.807) is 17.5 Å². The number of hydrogen-bond acceptors (Lipinski definition) is 3. The number of nitrogens with zero attached hydrogens (tertiary/aromatic N) is 1. The predicted octanol–water partition coefficient (Wildman–Crippen LogP) is 4.11. The molecule has 0 amide bonds. The standard InChI is InChI=1S/C11H10ClFN2S/c1-7(8-2-4-9(13)5-3-8)14-11-15-10(12)6-16-11/h2-7H,1H3,(H,14,15). The number of halogens is 2. The number of rotatable bonds is 3. The third kappa shape index (κ3) is 2.71. The molecule has 0 radical (unpaired) electrons. The van der Waals surface area contributed by atoms with Gasteiger partial charge in [0.25, 0.3) is 0 Å². The molecule has 0 aliphatic rings. The summed E-state index contributed by atoms with van der Waals surface area (Å²) in [6, 6.07) is 6.47. The van der Waals surface area contributed by atoms with Crippen molar-refractivity contribution in [2.45, 2.75) is 13.0 Å². The molecule has 2 nitrogen and oxygen atoms in total. The van der Waals surface area contributed by atoms with Crippen LogP contribution in [0.5, 0.6) is 0 Å². The van der Waals surface area contributed by atoms with Gasteiger partial charge >= 0.3 is 0 Å². The smallest absolute Gasteiger partial charge is 0.184 e. The molecule has 2 aromatic rings. The van der Waals surface area contributed by atoms with Gasteiger partial charge in [0.1, 0.15) is 11.0 Å². The molecule has 0 aliphatic carbocycles. The highest BCUT2D eigenvalue weighted by Gasteiger charge is 2.07. The fourth-order valence-corrected chi connectivity index (χ4v) is 2.27. The van der Waals surface area contributed by atoms with Gasteiger partial charge in [-0.15, -0.1) is 11.3 Å². The number of thiazole rings is 1. The van der Waals surface area contributed by atoms with Crippen molar-refractivity contribution in [2.24, 2.45) is 0 Å². The molecule has 1 atom stereocenters. The van der Waals surface area contributed by atoms with E-state index in [2.05, 4.69) is 10.3 Å². The first kappa shape index (κ1) is 11.4. The lowest BCUT2D eigenvalue weighted by Crippen LogP contribution is -2.06. The first-order valence-electron chi connectivity index (χ1n) is 4.78. The molecular weight excluding hydrogens is 247 g/mol. The maximum Gasteiger partial charge on any atom is 0.184 e. The lowest BCUT2D eigenvalue weighted by atomic mass is 10.1. The van der Waals surface area contributed by atoms with Crippen molar-refractivity contribution in [3.8, 4) is 0 Å². The molecule has 2 rings (SSSR count). The number of aromatic nitrogens is 1. The summed E-state index contributed by atoms with van der Waals surface area (Å²) >= 11 is 7.17. The molecule has 0 saturated heterocycles. The first-order valence-corrected chi connectivity index (χ1v) is 6.04. The van der Waals surface area contributed by atoms with Gasteiger partial charge in [-0.3, -0.25) is 0 Å². The van der Waals surface area contributed by atoms with Crippen molar-refractivity contribution in [3.05, 3.63) is 46.2 Å². The van der Waals surface area contributed by atoms with Crippen LogP contribution >= 0.6 is 22.9 Å². The fraction of sp³-hybridized carbons (Fsp3) is 0.182. The zero-order valence-electron chi connectivity index (χ0n) is 8.58. The van der Waals surface area contributed by atoms with Crippen LogP contribution in [0.15, 0.2) is 29.6 Å². The molecule has 1 N–H and O–H groups in total.